The normalized spacial score (nSPS) is 14.2. The summed E-state index contributed by atoms with van der Waals surface area (Å²) in [5, 5.41) is 0. The number of benzene rings is 4. The van der Waals surface area contributed by atoms with Crippen molar-refractivity contribution in [3.8, 4) is 23.0 Å². The molecule has 0 atom stereocenters. The summed E-state index contributed by atoms with van der Waals surface area (Å²) in [7, 11) is 0. The fourth-order valence-corrected chi connectivity index (χ4v) is 5.39. The Morgan fingerprint density at radius 3 is 1.13 bits per heavy atom. The number of rotatable bonds is 10. The summed E-state index contributed by atoms with van der Waals surface area (Å²) >= 11 is 0. The second-order valence-electron chi connectivity index (χ2n) is 10.6. The molecule has 0 spiro atoms. The molecule has 2 aliphatic rings. The first kappa shape index (κ1) is 29.3. The molecular weight excluding hydrogens is 568 g/mol. The lowest BCUT2D eigenvalue weighted by atomic mass is 10.0. The minimum Gasteiger partial charge on any atom is -0.457 e. The van der Waals surface area contributed by atoms with E-state index >= 15 is 0 Å². The van der Waals surface area contributed by atoms with E-state index in [1.54, 1.807) is 24.3 Å². The van der Waals surface area contributed by atoms with Gasteiger partial charge in [-0.1, -0.05) is 38.1 Å². The Bertz CT molecular complexity index is 1700. The third-order valence-electron chi connectivity index (χ3n) is 7.69. The Balaban J connectivity index is 1.07. The number of hydrogen-bond acceptors (Lipinski definition) is 6. The van der Waals surface area contributed by atoms with Crippen LogP contribution in [0, 0.1) is 0 Å². The number of ether oxygens (including phenoxy) is 2. The van der Waals surface area contributed by atoms with Crippen molar-refractivity contribution in [1.29, 1.82) is 0 Å². The molecule has 45 heavy (non-hydrogen) atoms. The lowest BCUT2D eigenvalue weighted by Crippen LogP contribution is -2.30. The SMILES string of the molecule is CCc1cc(Oc2ccc(Cc3ccc(Oc4ccc(N5C(=O)C=CC5=O)c(CC)c4)cc3)cc2)ccc1N1C(=O)C=CC1=O. The van der Waals surface area contributed by atoms with Gasteiger partial charge in [0.25, 0.3) is 23.6 Å². The molecule has 8 heteroatoms. The number of hydrogen-bond donors (Lipinski definition) is 0. The van der Waals surface area contributed by atoms with Gasteiger partial charge >= 0.3 is 0 Å². The minimum absolute atomic E-state index is 0.341. The van der Waals surface area contributed by atoms with Crippen molar-refractivity contribution in [2.75, 3.05) is 9.80 Å². The van der Waals surface area contributed by atoms with E-state index in [9.17, 15) is 19.2 Å². The molecule has 0 fully saturated rings. The molecule has 0 saturated carbocycles. The van der Waals surface area contributed by atoms with Crippen LogP contribution in [0.4, 0.5) is 11.4 Å². The molecule has 0 saturated heterocycles. The fourth-order valence-electron chi connectivity index (χ4n) is 5.39. The van der Waals surface area contributed by atoms with Crippen molar-refractivity contribution in [3.63, 3.8) is 0 Å². The van der Waals surface area contributed by atoms with Crippen molar-refractivity contribution in [1.82, 2.24) is 0 Å². The number of carbonyl (C=O) groups is 4. The number of carbonyl (C=O) groups excluding carboxylic acids is 4. The second-order valence-corrected chi connectivity index (χ2v) is 10.6. The van der Waals surface area contributed by atoms with E-state index in [2.05, 4.69) is 0 Å². The van der Waals surface area contributed by atoms with Crippen LogP contribution in [0.3, 0.4) is 0 Å². The Morgan fingerprint density at radius 1 is 0.467 bits per heavy atom. The summed E-state index contributed by atoms with van der Waals surface area (Å²) in [6.07, 6.45) is 7.12. The summed E-state index contributed by atoms with van der Waals surface area (Å²) in [5.41, 5.74) is 5.07. The molecule has 8 nitrogen and oxygen atoms in total. The van der Waals surface area contributed by atoms with Crippen LogP contribution in [0.25, 0.3) is 0 Å². The lowest BCUT2D eigenvalue weighted by molar-refractivity contribution is -0.121. The minimum atomic E-state index is -0.341. The maximum Gasteiger partial charge on any atom is 0.258 e. The maximum atomic E-state index is 12.1. The van der Waals surface area contributed by atoms with Gasteiger partial charge in [-0.25, -0.2) is 9.80 Å². The molecule has 4 aromatic rings. The van der Waals surface area contributed by atoms with Crippen LogP contribution in [-0.2, 0) is 38.4 Å². The lowest BCUT2D eigenvalue weighted by Gasteiger charge is -2.18. The largest absolute Gasteiger partial charge is 0.457 e. The maximum absolute atomic E-state index is 12.1. The van der Waals surface area contributed by atoms with E-state index in [1.807, 2.05) is 74.5 Å². The van der Waals surface area contributed by atoms with Crippen LogP contribution < -0.4 is 19.3 Å². The number of aryl methyl sites for hydroxylation is 2. The summed E-state index contributed by atoms with van der Waals surface area (Å²) in [4.78, 5) is 50.9. The zero-order valence-electron chi connectivity index (χ0n) is 24.9. The molecule has 0 radical (unpaired) electrons. The average molecular weight is 599 g/mol. The van der Waals surface area contributed by atoms with Crippen LogP contribution in [0.2, 0.25) is 0 Å². The van der Waals surface area contributed by atoms with Crippen LogP contribution in [0.15, 0.2) is 109 Å². The molecule has 4 aromatic carbocycles. The highest BCUT2D eigenvalue weighted by Gasteiger charge is 2.28. The van der Waals surface area contributed by atoms with Crippen LogP contribution >= 0.6 is 0 Å². The Morgan fingerprint density at radius 2 is 0.800 bits per heavy atom. The zero-order valence-corrected chi connectivity index (χ0v) is 24.9. The molecular formula is C37H30N2O6. The molecule has 0 aromatic heterocycles. The fraction of sp³-hybridized carbons (Fsp3) is 0.135. The van der Waals surface area contributed by atoms with Gasteiger partial charge in [0.1, 0.15) is 23.0 Å². The summed E-state index contributed by atoms with van der Waals surface area (Å²) in [5.74, 6) is 1.25. The van der Waals surface area contributed by atoms with Gasteiger partial charge in [0.2, 0.25) is 0 Å². The van der Waals surface area contributed by atoms with Crippen molar-refractivity contribution >= 4 is 35.0 Å². The van der Waals surface area contributed by atoms with Gasteiger partial charge in [-0.15, -0.1) is 0 Å². The zero-order chi connectivity index (χ0) is 31.5. The number of nitrogens with zero attached hydrogens (tertiary/aromatic N) is 2. The molecule has 2 heterocycles. The second kappa shape index (κ2) is 12.5. The van der Waals surface area contributed by atoms with Gasteiger partial charge in [0.05, 0.1) is 11.4 Å². The van der Waals surface area contributed by atoms with Crippen molar-refractivity contribution < 1.29 is 28.7 Å². The van der Waals surface area contributed by atoms with Crippen LogP contribution in [0.1, 0.15) is 36.1 Å². The topological polar surface area (TPSA) is 93.2 Å². The van der Waals surface area contributed by atoms with Gasteiger partial charge in [-0.2, -0.15) is 0 Å². The van der Waals surface area contributed by atoms with E-state index in [1.165, 1.54) is 34.1 Å². The number of anilines is 2. The first-order valence-electron chi connectivity index (χ1n) is 14.7. The van der Waals surface area contributed by atoms with Gasteiger partial charge in [0.15, 0.2) is 0 Å². The number of imide groups is 2. The summed E-state index contributed by atoms with van der Waals surface area (Å²) < 4.78 is 12.1. The summed E-state index contributed by atoms with van der Waals surface area (Å²) in [6.45, 7) is 3.94. The molecule has 0 unspecified atom stereocenters. The predicted molar refractivity (Wildman–Crippen MR) is 171 cm³/mol. The highest BCUT2D eigenvalue weighted by molar-refractivity contribution is 6.29. The van der Waals surface area contributed by atoms with Crippen LogP contribution in [0.5, 0.6) is 23.0 Å². The van der Waals surface area contributed by atoms with Crippen molar-refractivity contribution in [3.05, 3.63) is 131 Å². The van der Waals surface area contributed by atoms with Crippen molar-refractivity contribution in [2.45, 2.75) is 33.1 Å². The van der Waals surface area contributed by atoms with E-state index < -0.39 is 0 Å². The van der Waals surface area contributed by atoms with Gasteiger partial charge in [-0.05, 0) is 102 Å². The first-order chi connectivity index (χ1) is 21.8. The first-order valence-corrected chi connectivity index (χ1v) is 14.7. The highest BCUT2D eigenvalue weighted by Crippen LogP contribution is 2.33. The van der Waals surface area contributed by atoms with E-state index in [4.69, 9.17) is 9.47 Å². The molecule has 224 valence electrons. The third kappa shape index (κ3) is 6.17. The van der Waals surface area contributed by atoms with Gasteiger partial charge in [0, 0.05) is 24.3 Å². The Hall–Kier alpha value is -5.76. The summed E-state index contributed by atoms with van der Waals surface area (Å²) in [6, 6.07) is 26.4. The molecule has 4 amide bonds. The Labute approximate surface area is 260 Å². The molecule has 0 N–H and O–H groups in total. The number of amides is 4. The van der Waals surface area contributed by atoms with E-state index in [0.29, 0.717) is 47.2 Å². The molecule has 0 bridgehead atoms. The third-order valence-corrected chi connectivity index (χ3v) is 7.69. The Kier molecular flexibility index (Phi) is 8.12. The smallest absolute Gasteiger partial charge is 0.258 e. The average Bonchev–Trinajstić information content (AvgIpc) is 3.57. The predicted octanol–water partition coefficient (Wildman–Crippen LogP) is 6.85. The van der Waals surface area contributed by atoms with Crippen LogP contribution in [-0.4, -0.2) is 23.6 Å². The molecule has 2 aliphatic heterocycles. The standard InChI is InChI=1S/C37H30N2O6/c1-3-26-22-30(13-15-32(26)38-34(40)17-18-35(38)41)44-28-9-5-24(6-10-28)21-25-7-11-29(12-8-25)45-31-14-16-33(27(4-2)23-31)39-36(42)19-20-37(39)43/h5-20,22-23H,3-4,21H2,1-2H3. The quantitative estimate of drug-likeness (QED) is 0.186. The monoisotopic (exact) mass is 598 g/mol. The van der Waals surface area contributed by atoms with Gasteiger partial charge in [-0.3, -0.25) is 19.2 Å². The highest BCUT2D eigenvalue weighted by atomic mass is 16.5. The van der Waals surface area contributed by atoms with E-state index in [0.717, 1.165) is 28.7 Å². The van der Waals surface area contributed by atoms with E-state index in [-0.39, 0.29) is 23.6 Å². The molecule has 0 aliphatic carbocycles. The molecule has 6 rings (SSSR count). The van der Waals surface area contributed by atoms with Gasteiger partial charge < -0.3 is 9.47 Å². The van der Waals surface area contributed by atoms with Crippen molar-refractivity contribution in [2.24, 2.45) is 0 Å².